The molecule has 3 aliphatic carbocycles. The summed E-state index contributed by atoms with van der Waals surface area (Å²) < 4.78 is 46.2. The number of thiophene rings is 1. The number of benzene rings is 1. The Morgan fingerprint density at radius 2 is 1.88 bits per heavy atom. The lowest BCUT2D eigenvalue weighted by molar-refractivity contribution is -0.142. The van der Waals surface area contributed by atoms with E-state index in [0.717, 1.165) is 45.8 Å². The Hall–Kier alpha value is -4.70. The Labute approximate surface area is 342 Å². The van der Waals surface area contributed by atoms with Crippen molar-refractivity contribution in [3.63, 3.8) is 0 Å². The van der Waals surface area contributed by atoms with Crippen LogP contribution in [0, 0.1) is 17.3 Å². The third-order valence-electron chi connectivity index (χ3n) is 12.3. The molecule has 3 N–H and O–H groups in total. The van der Waals surface area contributed by atoms with Gasteiger partial charge in [-0.3, -0.25) is 19.1 Å². The van der Waals surface area contributed by atoms with Crippen LogP contribution >= 0.6 is 11.3 Å². The van der Waals surface area contributed by atoms with E-state index in [2.05, 4.69) is 21.9 Å². The van der Waals surface area contributed by atoms with Gasteiger partial charge in [-0.15, -0.1) is 17.9 Å². The van der Waals surface area contributed by atoms with E-state index >= 15 is 0 Å². The first kappa shape index (κ1) is 40.1. The lowest BCUT2D eigenvalue weighted by Crippen LogP contribution is -2.59. The maximum absolute atomic E-state index is 14.9. The number of nitrogens with zero attached hydrogens (tertiary/aromatic N) is 2. The van der Waals surface area contributed by atoms with Crippen LogP contribution in [-0.4, -0.2) is 91.4 Å². The highest BCUT2D eigenvalue weighted by Gasteiger charge is 2.62. The maximum Gasteiger partial charge on any atom is 0.407 e. The van der Waals surface area contributed by atoms with Gasteiger partial charge in [0, 0.05) is 39.5 Å². The van der Waals surface area contributed by atoms with Gasteiger partial charge in [0.05, 0.1) is 25.5 Å². The summed E-state index contributed by atoms with van der Waals surface area (Å²) in [7, 11) is -2.29. The largest absolute Gasteiger partial charge is 0.496 e. The van der Waals surface area contributed by atoms with Crippen molar-refractivity contribution in [2.75, 3.05) is 20.3 Å². The zero-order valence-corrected chi connectivity index (χ0v) is 34.7. The minimum absolute atomic E-state index is 0.0153. The third kappa shape index (κ3) is 7.88. The van der Waals surface area contributed by atoms with E-state index in [1.165, 1.54) is 22.3 Å². The number of fused-ring (bicyclic) bond motifs is 5. The van der Waals surface area contributed by atoms with Gasteiger partial charge in [0.2, 0.25) is 27.7 Å². The third-order valence-corrected chi connectivity index (χ3v) is 15.0. The summed E-state index contributed by atoms with van der Waals surface area (Å²) >= 11 is 1.46. The van der Waals surface area contributed by atoms with Crippen LogP contribution in [0.2, 0.25) is 0 Å². The highest BCUT2D eigenvalue weighted by atomic mass is 32.2. The van der Waals surface area contributed by atoms with Gasteiger partial charge in [0.15, 0.2) is 0 Å². The van der Waals surface area contributed by atoms with E-state index in [-0.39, 0.29) is 31.9 Å². The van der Waals surface area contributed by atoms with Crippen LogP contribution < -0.4 is 24.8 Å². The number of methoxy groups -OCH3 is 1. The lowest BCUT2D eigenvalue weighted by atomic mass is 9.83. The average Bonchev–Trinajstić information content (AvgIpc) is 4.09. The number of amides is 4. The molecule has 3 aromatic rings. The topological polar surface area (TPSA) is 182 Å². The number of nitrogens with one attached hydrogen (secondary N) is 3. The number of sulfonamides is 1. The van der Waals surface area contributed by atoms with Gasteiger partial charge < -0.3 is 29.7 Å². The van der Waals surface area contributed by atoms with Crippen LogP contribution in [0.15, 0.2) is 42.3 Å². The molecule has 5 aliphatic rings. The minimum Gasteiger partial charge on any atom is -0.496 e. The molecule has 0 unspecified atom stereocenters. The molecular weight excluding hydrogens is 783 g/mol. The second kappa shape index (κ2) is 15.5. The van der Waals surface area contributed by atoms with Crippen molar-refractivity contribution in [2.45, 2.75) is 107 Å². The number of hydrogen-bond donors (Lipinski definition) is 3. The van der Waals surface area contributed by atoms with E-state index in [9.17, 15) is 27.6 Å². The van der Waals surface area contributed by atoms with Gasteiger partial charge in [-0.25, -0.2) is 18.2 Å². The second-order valence-electron chi connectivity index (χ2n) is 17.2. The van der Waals surface area contributed by atoms with E-state index in [0.29, 0.717) is 43.7 Å². The van der Waals surface area contributed by atoms with E-state index in [4.69, 9.17) is 19.2 Å². The van der Waals surface area contributed by atoms with E-state index in [1.54, 1.807) is 7.11 Å². The molecule has 8 rings (SSSR count). The molecule has 4 fully saturated rings. The number of alkyl carbamates (subject to hydrolysis) is 1. The Balaban J connectivity index is 1.18. The van der Waals surface area contributed by atoms with Crippen LogP contribution in [0.4, 0.5) is 4.79 Å². The highest BCUT2D eigenvalue weighted by Crippen LogP contribution is 2.46. The lowest BCUT2D eigenvalue weighted by Gasteiger charge is -2.35. The molecule has 3 saturated carbocycles. The Morgan fingerprint density at radius 1 is 1.10 bits per heavy atom. The number of carbonyl (C=O) groups is 4. The molecular formula is C42H51N5O9S2. The van der Waals surface area contributed by atoms with Crippen molar-refractivity contribution in [3.8, 4) is 11.6 Å². The van der Waals surface area contributed by atoms with Crippen molar-refractivity contribution in [2.24, 2.45) is 17.3 Å². The van der Waals surface area contributed by atoms with Crippen LogP contribution in [0.1, 0.15) is 83.6 Å². The summed E-state index contributed by atoms with van der Waals surface area (Å²) in [5, 5.41) is 9.61. The summed E-state index contributed by atoms with van der Waals surface area (Å²) in [6, 6.07) is 3.81. The van der Waals surface area contributed by atoms with Crippen LogP contribution in [0.25, 0.3) is 27.1 Å². The summed E-state index contributed by atoms with van der Waals surface area (Å²) in [5.74, 6) is -1.64. The predicted molar refractivity (Wildman–Crippen MR) is 220 cm³/mol. The standard InChI is InChI=1S/C42H51N5O9S2/c1-5-26-21-42(26,39(50)46-58(52,53)28-13-14-28)45-35(48)32-19-27-22-47(32)38(49)34(24-10-7-6-8-11-24)43-40(51)55-23-41(2,3)16-9-12-25-18-31-30(20-33(25)54-4)29-15-17-57-37(29)44-36(31)56-27/h5,9,12,15,17-18,20,24,26-28,32,34H,1,6-8,10-11,13-14,16,19,21-23H2,2-4H3,(H,43,51)(H,45,48)(H,46,50)/b12-9+/t26-,27-,32+,34+,42-/m1/s1. The Morgan fingerprint density at radius 3 is 2.59 bits per heavy atom. The Kier molecular flexibility index (Phi) is 10.7. The van der Waals surface area contributed by atoms with Crippen molar-refractivity contribution < 1.29 is 41.8 Å². The quantitative estimate of drug-likeness (QED) is 0.242. The molecule has 14 nitrogen and oxygen atoms in total. The molecule has 58 heavy (non-hydrogen) atoms. The number of allylic oxidation sites excluding steroid dienone is 1. The molecule has 0 spiro atoms. The SMILES string of the molecule is C=C[C@@H]1C[C@]1(NC(=O)[C@@H]1C[C@@H]2CN1C(=O)[C@H](C1CCCCC1)NC(=O)OCC(C)(C)C/C=C/c1cc3c(nc4sccc4c3cc1OC)O2)C(=O)NS(=O)(=O)C1CC1. The zero-order valence-electron chi connectivity index (χ0n) is 33.1. The fourth-order valence-electron chi connectivity index (χ4n) is 8.71. The average molecular weight is 834 g/mol. The fourth-order valence-corrected chi connectivity index (χ4v) is 10.8. The van der Waals surface area contributed by atoms with Crippen molar-refractivity contribution in [1.82, 2.24) is 25.2 Å². The van der Waals surface area contributed by atoms with Gasteiger partial charge in [-0.2, -0.15) is 0 Å². The number of ether oxygens (including phenoxy) is 3. The first-order valence-corrected chi connectivity index (χ1v) is 22.6. The van der Waals surface area contributed by atoms with E-state index < -0.39 is 74.1 Å². The molecule has 2 aliphatic heterocycles. The molecule has 4 heterocycles. The van der Waals surface area contributed by atoms with Crippen molar-refractivity contribution in [1.29, 1.82) is 0 Å². The van der Waals surface area contributed by atoms with Gasteiger partial charge in [0.1, 0.15) is 34.3 Å². The summed E-state index contributed by atoms with van der Waals surface area (Å²) in [6.07, 6.45) is 9.97. The fraction of sp³-hybridized carbons (Fsp3) is 0.548. The number of hydrogen-bond acceptors (Lipinski definition) is 11. The molecule has 16 heteroatoms. The number of aromatic nitrogens is 1. The number of carbonyl (C=O) groups excluding carboxylic acids is 4. The molecule has 4 amide bonds. The van der Waals surface area contributed by atoms with Crippen LogP contribution in [0.5, 0.6) is 11.6 Å². The number of rotatable bonds is 8. The molecule has 1 aromatic carbocycles. The molecule has 2 aromatic heterocycles. The predicted octanol–water partition coefficient (Wildman–Crippen LogP) is 5.59. The highest BCUT2D eigenvalue weighted by molar-refractivity contribution is 7.91. The van der Waals surface area contributed by atoms with Crippen molar-refractivity contribution in [3.05, 3.63) is 47.9 Å². The summed E-state index contributed by atoms with van der Waals surface area (Å²) in [6.45, 7) is 7.87. The number of pyridine rings is 1. The molecule has 5 atom stereocenters. The van der Waals surface area contributed by atoms with E-state index in [1.807, 2.05) is 49.6 Å². The molecule has 310 valence electrons. The minimum atomic E-state index is -3.91. The van der Waals surface area contributed by atoms with Gasteiger partial charge in [-0.05, 0) is 68.0 Å². The zero-order chi connectivity index (χ0) is 41.0. The smallest absolute Gasteiger partial charge is 0.407 e. The van der Waals surface area contributed by atoms with Crippen LogP contribution in [-0.2, 0) is 29.1 Å². The monoisotopic (exact) mass is 833 g/mol. The van der Waals surface area contributed by atoms with Gasteiger partial charge >= 0.3 is 6.09 Å². The maximum atomic E-state index is 14.9. The van der Waals surface area contributed by atoms with Gasteiger partial charge in [-0.1, -0.05) is 51.3 Å². The summed E-state index contributed by atoms with van der Waals surface area (Å²) in [5.41, 5.74) is -1.22. The first-order valence-electron chi connectivity index (χ1n) is 20.2. The molecule has 4 bridgehead atoms. The summed E-state index contributed by atoms with van der Waals surface area (Å²) in [4.78, 5) is 63.8. The Bertz CT molecular complexity index is 2300. The normalized spacial score (nSPS) is 28.4. The first-order chi connectivity index (χ1) is 27.7. The van der Waals surface area contributed by atoms with Crippen LogP contribution in [0.3, 0.4) is 0 Å². The van der Waals surface area contributed by atoms with Crippen molar-refractivity contribution >= 4 is 72.2 Å². The second-order valence-corrected chi connectivity index (χ2v) is 20.1. The van der Waals surface area contributed by atoms with Gasteiger partial charge in [0.25, 0.3) is 5.91 Å². The molecule has 1 saturated heterocycles. The molecule has 0 radical (unpaired) electrons. The number of cyclic esters (lactones) is 1.